The van der Waals surface area contributed by atoms with Crippen LogP contribution in [0.2, 0.25) is 0 Å². The maximum absolute atomic E-state index is 11.0. The summed E-state index contributed by atoms with van der Waals surface area (Å²) in [5.74, 6) is -1.06. The molecule has 0 fully saturated rings. The van der Waals surface area contributed by atoms with Crippen molar-refractivity contribution >= 4 is 17.9 Å². The van der Waals surface area contributed by atoms with E-state index in [1.807, 2.05) is 30.5 Å². The molecule has 0 aliphatic carbocycles. The van der Waals surface area contributed by atoms with Crippen LogP contribution in [0.4, 0.5) is 5.69 Å². The van der Waals surface area contributed by atoms with Gasteiger partial charge in [-0.1, -0.05) is 25.1 Å². The van der Waals surface area contributed by atoms with Gasteiger partial charge in [0.25, 0.3) is 0 Å². The molecule has 0 radical (unpaired) electrons. The van der Waals surface area contributed by atoms with Crippen molar-refractivity contribution in [3.8, 4) is 0 Å². The summed E-state index contributed by atoms with van der Waals surface area (Å²) < 4.78 is 0. The number of hydrogen-bond acceptors (Lipinski definition) is 2. The SMILES string of the molecule is CC(C(=O)O)C1CC=Nc2ccccc21. The fourth-order valence-corrected chi connectivity index (χ4v) is 1.96. The van der Waals surface area contributed by atoms with E-state index in [1.165, 1.54) is 0 Å². The smallest absolute Gasteiger partial charge is 0.306 e. The summed E-state index contributed by atoms with van der Waals surface area (Å²) in [6.07, 6.45) is 2.52. The summed E-state index contributed by atoms with van der Waals surface area (Å²) in [5, 5.41) is 9.02. The molecular weight excluding hydrogens is 190 g/mol. The van der Waals surface area contributed by atoms with E-state index in [-0.39, 0.29) is 11.8 Å². The van der Waals surface area contributed by atoms with Crippen molar-refractivity contribution in [1.82, 2.24) is 0 Å². The Morgan fingerprint density at radius 1 is 1.53 bits per heavy atom. The molecule has 15 heavy (non-hydrogen) atoms. The van der Waals surface area contributed by atoms with Crippen molar-refractivity contribution in [2.75, 3.05) is 0 Å². The van der Waals surface area contributed by atoms with Crippen molar-refractivity contribution in [2.24, 2.45) is 10.9 Å². The van der Waals surface area contributed by atoms with Gasteiger partial charge in [0.05, 0.1) is 11.6 Å². The fraction of sp³-hybridized carbons (Fsp3) is 0.333. The number of rotatable bonds is 2. The zero-order chi connectivity index (χ0) is 10.8. The third kappa shape index (κ3) is 1.77. The summed E-state index contributed by atoms with van der Waals surface area (Å²) in [4.78, 5) is 15.2. The van der Waals surface area contributed by atoms with E-state index in [0.717, 1.165) is 11.3 Å². The van der Waals surface area contributed by atoms with Gasteiger partial charge in [0.1, 0.15) is 0 Å². The van der Waals surface area contributed by atoms with Crippen molar-refractivity contribution in [1.29, 1.82) is 0 Å². The molecule has 3 heteroatoms. The number of nitrogens with zero attached hydrogens (tertiary/aromatic N) is 1. The Labute approximate surface area is 88.5 Å². The Kier molecular flexibility index (Phi) is 2.54. The van der Waals surface area contributed by atoms with Crippen LogP contribution < -0.4 is 0 Å². The Bertz CT molecular complexity index is 412. The lowest BCUT2D eigenvalue weighted by atomic mass is 9.83. The van der Waals surface area contributed by atoms with Gasteiger partial charge in [0.15, 0.2) is 0 Å². The van der Waals surface area contributed by atoms with Gasteiger partial charge in [-0.25, -0.2) is 0 Å². The van der Waals surface area contributed by atoms with Gasteiger partial charge in [-0.3, -0.25) is 9.79 Å². The molecule has 0 aromatic heterocycles. The summed E-state index contributed by atoms with van der Waals surface area (Å²) in [7, 11) is 0. The highest BCUT2D eigenvalue weighted by Gasteiger charge is 2.27. The van der Waals surface area contributed by atoms with Crippen molar-refractivity contribution in [3.05, 3.63) is 29.8 Å². The molecule has 0 saturated heterocycles. The molecule has 0 amide bonds. The number of aliphatic carboxylic acids is 1. The lowest BCUT2D eigenvalue weighted by Gasteiger charge is -2.23. The molecule has 2 rings (SSSR count). The minimum atomic E-state index is -0.745. The van der Waals surface area contributed by atoms with Crippen molar-refractivity contribution in [3.63, 3.8) is 0 Å². The number of carbonyl (C=O) groups is 1. The second-order valence-electron chi connectivity index (χ2n) is 3.84. The van der Waals surface area contributed by atoms with E-state index >= 15 is 0 Å². The molecule has 1 aromatic carbocycles. The maximum Gasteiger partial charge on any atom is 0.306 e. The fourth-order valence-electron chi connectivity index (χ4n) is 1.96. The highest BCUT2D eigenvalue weighted by atomic mass is 16.4. The Morgan fingerprint density at radius 2 is 2.27 bits per heavy atom. The van der Waals surface area contributed by atoms with Gasteiger partial charge in [0.2, 0.25) is 0 Å². The van der Waals surface area contributed by atoms with E-state index in [4.69, 9.17) is 5.11 Å². The second kappa shape index (κ2) is 3.85. The molecule has 1 N–H and O–H groups in total. The predicted octanol–water partition coefficient (Wildman–Crippen LogP) is 2.60. The van der Waals surface area contributed by atoms with Gasteiger partial charge < -0.3 is 5.11 Å². The molecule has 3 nitrogen and oxygen atoms in total. The van der Waals surface area contributed by atoms with Crippen LogP contribution in [0.25, 0.3) is 0 Å². The van der Waals surface area contributed by atoms with Crippen molar-refractivity contribution < 1.29 is 9.90 Å². The monoisotopic (exact) mass is 203 g/mol. The predicted molar refractivity (Wildman–Crippen MR) is 58.8 cm³/mol. The topological polar surface area (TPSA) is 49.7 Å². The Balaban J connectivity index is 2.38. The molecule has 78 valence electrons. The average Bonchev–Trinajstić information content (AvgIpc) is 2.27. The minimum Gasteiger partial charge on any atom is -0.481 e. The van der Waals surface area contributed by atoms with Gasteiger partial charge in [0, 0.05) is 12.1 Å². The van der Waals surface area contributed by atoms with Crippen LogP contribution in [0.3, 0.4) is 0 Å². The van der Waals surface area contributed by atoms with Crippen LogP contribution >= 0.6 is 0 Å². The molecule has 1 aliphatic heterocycles. The molecule has 1 aromatic rings. The van der Waals surface area contributed by atoms with E-state index in [9.17, 15) is 4.79 Å². The average molecular weight is 203 g/mol. The molecule has 0 bridgehead atoms. The molecule has 1 heterocycles. The van der Waals surface area contributed by atoms with E-state index in [2.05, 4.69) is 4.99 Å². The first-order valence-corrected chi connectivity index (χ1v) is 5.04. The summed E-state index contributed by atoms with van der Waals surface area (Å²) in [6, 6.07) is 7.74. The molecule has 0 saturated carbocycles. The quantitative estimate of drug-likeness (QED) is 0.803. The van der Waals surface area contributed by atoms with Crippen LogP contribution in [0.1, 0.15) is 24.8 Å². The number of para-hydroxylation sites is 1. The number of aliphatic imine (C=N–C) groups is 1. The first-order valence-electron chi connectivity index (χ1n) is 5.04. The minimum absolute atomic E-state index is 0.0520. The molecular formula is C12H13NO2. The lowest BCUT2D eigenvalue weighted by molar-refractivity contribution is -0.141. The highest BCUT2D eigenvalue weighted by Crippen LogP contribution is 2.37. The standard InChI is InChI=1S/C12H13NO2/c1-8(12(14)15)9-6-7-13-11-5-3-2-4-10(9)11/h2-5,7-9H,6H2,1H3,(H,14,15). The van der Waals surface area contributed by atoms with Gasteiger partial charge in [-0.15, -0.1) is 0 Å². The molecule has 2 atom stereocenters. The third-order valence-electron chi connectivity index (χ3n) is 2.92. The summed E-state index contributed by atoms with van der Waals surface area (Å²) in [5.41, 5.74) is 1.96. The number of carboxylic acids is 1. The van der Waals surface area contributed by atoms with Gasteiger partial charge in [-0.2, -0.15) is 0 Å². The third-order valence-corrected chi connectivity index (χ3v) is 2.92. The molecule has 0 spiro atoms. The summed E-state index contributed by atoms with van der Waals surface area (Å²) in [6.45, 7) is 1.75. The van der Waals surface area contributed by atoms with Crippen LogP contribution in [0.15, 0.2) is 29.3 Å². The van der Waals surface area contributed by atoms with E-state index < -0.39 is 5.97 Å². The highest BCUT2D eigenvalue weighted by molar-refractivity contribution is 5.76. The van der Waals surface area contributed by atoms with Gasteiger partial charge >= 0.3 is 5.97 Å². The van der Waals surface area contributed by atoms with Crippen LogP contribution in [0.5, 0.6) is 0 Å². The van der Waals surface area contributed by atoms with E-state index in [0.29, 0.717) is 6.42 Å². The molecule has 1 aliphatic rings. The van der Waals surface area contributed by atoms with Crippen LogP contribution in [0, 0.1) is 5.92 Å². The normalized spacial score (nSPS) is 20.7. The Hall–Kier alpha value is -1.64. The maximum atomic E-state index is 11.0. The summed E-state index contributed by atoms with van der Waals surface area (Å²) >= 11 is 0. The van der Waals surface area contributed by atoms with Crippen LogP contribution in [-0.2, 0) is 4.79 Å². The largest absolute Gasteiger partial charge is 0.481 e. The number of carboxylic acid groups (broad SMARTS) is 1. The van der Waals surface area contributed by atoms with Gasteiger partial charge in [-0.05, 0) is 18.1 Å². The Morgan fingerprint density at radius 3 is 3.00 bits per heavy atom. The number of fused-ring (bicyclic) bond motifs is 1. The zero-order valence-corrected chi connectivity index (χ0v) is 8.55. The molecule has 2 unspecified atom stereocenters. The second-order valence-corrected chi connectivity index (χ2v) is 3.84. The zero-order valence-electron chi connectivity index (χ0n) is 8.55. The van der Waals surface area contributed by atoms with E-state index in [1.54, 1.807) is 6.92 Å². The number of benzene rings is 1. The first-order chi connectivity index (χ1) is 7.20. The first kappa shape index (κ1) is 9.90. The van der Waals surface area contributed by atoms with Crippen LogP contribution in [-0.4, -0.2) is 17.3 Å². The lowest BCUT2D eigenvalue weighted by Crippen LogP contribution is -2.20. The number of hydrogen-bond donors (Lipinski definition) is 1. The van der Waals surface area contributed by atoms with Crippen molar-refractivity contribution in [2.45, 2.75) is 19.3 Å².